The standard InChI is InChI=1S/C18H13FN.C11H10N2.Ir/c1-13-11-18(15-7-9-16(19)10-8-15)20-12-17(13)14-5-3-2-4-6-14;1-2-4-10-9(3-1)5-7-13-8-6-12-11(10)13;/h2-7,9-12H,1H3;1-3,6,8,11H,5,7H2;/q-1;-2;+3. The van der Waals surface area contributed by atoms with Crippen LogP contribution in [0.1, 0.15) is 22.9 Å². The van der Waals surface area contributed by atoms with E-state index in [0.29, 0.717) is 0 Å². The van der Waals surface area contributed by atoms with Gasteiger partial charge in [0.2, 0.25) is 0 Å². The zero-order valence-corrected chi connectivity index (χ0v) is 21.1. The summed E-state index contributed by atoms with van der Waals surface area (Å²) in [4.78, 5) is 6.72. The van der Waals surface area contributed by atoms with Gasteiger partial charge >= 0.3 is 20.1 Å². The number of nitrogens with zero attached hydrogens (tertiary/aromatic N) is 3. The van der Waals surface area contributed by atoms with Crippen LogP contribution in [0.3, 0.4) is 0 Å². The Hall–Kier alpha value is -3.27. The van der Waals surface area contributed by atoms with Crippen molar-refractivity contribution in [3.8, 4) is 22.4 Å². The van der Waals surface area contributed by atoms with Gasteiger partial charge in [-0.1, -0.05) is 42.8 Å². The molecule has 170 valence electrons. The summed E-state index contributed by atoms with van der Waals surface area (Å²) in [5.74, 6) is -0.286. The largest absolute Gasteiger partial charge is 3.00 e. The van der Waals surface area contributed by atoms with Crippen molar-refractivity contribution >= 4 is 0 Å². The molecule has 0 amide bonds. The van der Waals surface area contributed by atoms with Crippen LogP contribution in [0.25, 0.3) is 27.7 Å². The van der Waals surface area contributed by atoms with Gasteiger partial charge in [0.25, 0.3) is 0 Å². The molecule has 5 heteroatoms. The van der Waals surface area contributed by atoms with Crippen LogP contribution >= 0.6 is 0 Å². The second kappa shape index (κ2) is 10.8. The Morgan fingerprint density at radius 1 is 1.06 bits per heavy atom. The predicted molar refractivity (Wildman–Crippen MR) is 130 cm³/mol. The molecule has 3 heterocycles. The van der Waals surface area contributed by atoms with Gasteiger partial charge in [0.1, 0.15) is 0 Å². The average Bonchev–Trinajstić information content (AvgIpc) is 3.35. The van der Waals surface area contributed by atoms with Crippen molar-refractivity contribution in [2.75, 3.05) is 6.54 Å². The summed E-state index contributed by atoms with van der Waals surface area (Å²) in [6.07, 6.45) is 7.14. The van der Waals surface area contributed by atoms with Crippen molar-refractivity contribution in [2.45, 2.75) is 19.5 Å². The fourth-order valence-corrected chi connectivity index (χ4v) is 4.19. The van der Waals surface area contributed by atoms with Gasteiger partial charge in [0.15, 0.2) is 0 Å². The number of hydrogen-bond acceptors (Lipinski definition) is 2. The fraction of sp³-hybridized carbons (Fsp3) is 0.138. The molecule has 2 aliphatic rings. The molecule has 1 atom stereocenters. The molecule has 0 saturated heterocycles. The van der Waals surface area contributed by atoms with Gasteiger partial charge in [-0.05, 0) is 36.1 Å². The van der Waals surface area contributed by atoms with Gasteiger partial charge in [0.05, 0.1) is 0 Å². The van der Waals surface area contributed by atoms with Gasteiger partial charge < -0.3 is 15.2 Å². The molecule has 0 aliphatic carbocycles. The van der Waals surface area contributed by atoms with Crippen LogP contribution in [0, 0.1) is 24.9 Å². The quantitative estimate of drug-likeness (QED) is 0.228. The molecule has 0 radical (unpaired) electrons. The van der Waals surface area contributed by atoms with E-state index >= 15 is 0 Å². The Labute approximate surface area is 213 Å². The van der Waals surface area contributed by atoms with Gasteiger partial charge in [-0.3, -0.25) is 4.39 Å². The molecule has 1 unspecified atom stereocenters. The number of aromatic nitrogens is 1. The second-order valence-electron chi connectivity index (χ2n) is 8.09. The summed E-state index contributed by atoms with van der Waals surface area (Å²) in [5, 5.41) is 4.41. The normalized spacial score (nSPS) is 15.2. The summed E-state index contributed by atoms with van der Waals surface area (Å²) in [5.41, 5.74) is 7.65. The van der Waals surface area contributed by atoms with Gasteiger partial charge in [-0.25, -0.2) is 0 Å². The number of fused-ring (bicyclic) bond motifs is 3. The van der Waals surface area contributed by atoms with E-state index in [1.54, 1.807) is 6.07 Å². The molecule has 34 heavy (non-hydrogen) atoms. The summed E-state index contributed by atoms with van der Waals surface area (Å²) in [6.45, 7) is 3.13. The van der Waals surface area contributed by atoms with E-state index in [1.807, 2.05) is 42.7 Å². The molecule has 3 aromatic carbocycles. The number of benzene rings is 3. The smallest absolute Gasteiger partial charge is 0.668 e. The molecule has 6 rings (SSSR count). The van der Waals surface area contributed by atoms with Crippen molar-refractivity contribution < 1.29 is 24.5 Å². The predicted octanol–water partition coefficient (Wildman–Crippen LogP) is 6.86. The van der Waals surface area contributed by atoms with Crippen LogP contribution in [-0.4, -0.2) is 16.4 Å². The third kappa shape index (κ3) is 5.11. The van der Waals surface area contributed by atoms with E-state index in [9.17, 15) is 4.39 Å². The molecule has 0 spiro atoms. The molecule has 0 fully saturated rings. The fourth-order valence-electron chi connectivity index (χ4n) is 4.19. The monoisotopic (exact) mass is 625 g/mol. The number of aryl methyl sites for hydroxylation is 1. The van der Waals surface area contributed by atoms with E-state index in [0.717, 1.165) is 40.9 Å². The van der Waals surface area contributed by atoms with E-state index in [-0.39, 0.29) is 32.1 Å². The van der Waals surface area contributed by atoms with Crippen molar-refractivity contribution in [2.24, 2.45) is 0 Å². The molecule has 2 aliphatic heterocycles. The van der Waals surface area contributed by atoms with Crippen LogP contribution in [0.4, 0.5) is 4.39 Å². The summed E-state index contributed by atoms with van der Waals surface area (Å²) < 4.78 is 12.9. The SMILES string of the molecule is Cc1cc(-c2[c-]cc(F)cc2)ncc1-c1ccccc1.[Ir+3].[c-]1cccc2c1C1[N-]C=CN1CC2. The van der Waals surface area contributed by atoms with Crippen molar-refractivity contribution in [3.05, 3.63) is 131 Å². The van der Waals surface area contributed by atoms with Crippen LogP contribution in [-0.2, 0) is 26.5 Å². The van der Waals surface area contributed by atoms with E-state index in [2.05, 4.69) is 64.7 Å². The first-order chi connectivity index (χ1) is 16.2. The summed E-state index contributed by atoms with van der Waals surface area (Å²) >= 11 is 0. The summed E-state index contributed by atoms with van der Waals surface area (Å²) in [7, 11) is 0. The maximum absolute atomic E-state index is 12.9. The Kier molecular flexibility index (Phi) is 7.56. The molecular weight excluding hydrogens is 602 g/mol. The molecule has 0 saturated carbocycles. The van der Waals surface area contributed by atoms with Crippen LogP contribution < -0.4 is 0 Å². The van der Waals surface area contributed by atoms with E-state index in [4.69, 9.17) is 0 Å². The van der Waals surface area contributed by atoms with E-state index in [1.165, 1.54) is 23.3 Å². The molecule has 3 nitrogen and oxygen atoms in total. The second-order valence-corrected chi connectivity index (χ2v) is 8.09. The maximum atomic E-state index is 12.9. The number of halogens is 1. The van der Waals surface area contributed by atoms with Gasteiger partial charge in [-0.2, -0.15) is 41.6 Å². The average molecular weight is 625 g/mol. The van der Waals surface area contributed by atoms with Crippen molar-refractivity contribution in [1.29, 1.82) is 0 Å². The molecule has 4 aromatic rings. The zero-order valence-electron chi connectivity index (χ0n) is 18.7. The van der Waals surface area contributed by atoms with Crippen molar-refractivity contribution in [3.63, 3.8) is 0 Å². The first-order valence-corrected chi connectivity index (χ1v) is 11.0. The minimum absolute atomic E-state index is 0. The first kappa shape index (κ1) is 23.9. The molecule has 0 N–H and O–H groups in total. The minimum Gasteiger partial charge on any atom is -0.668 e. The Balaban J connectivity index is 0.000000169. The number of rotatable bonds is 2. The Morgan fingerprint density at radius 2 is 1.91 bits per heavy atom. The third-order valence-corrected chi connectivity index (χ3v) is 5.92. The number of pyridine rings is 1. The van der Waals surface area contributed by atoms with Crippen LogP contribution in [0.2, 0.25) is 0 Å². The Morgan fingerprint density at radius 3 is 2.68 bits per heavy atom. The first-order valence-electron chi connectivity index (χ1n) is 11.0. The van der Waals surface area contributed by atoms with Crippen LogP contribution in [0.15, 0.2) is 91.4 Å². The van der Waals surface area contributed by atoms with Crippen LogP contribution in [0.5, 0.6) is 0 Å². The molecule has 0 bridgehead atoms. The van der Waals surface area contributed by atoms with Crippen molar-refractivity contribution in [1.82, 2.24) is 9.88 Å². The topological polar surface area (TPSA) is 30.2 Å². The van der Waals surface area contributed by atoms with Gasteiger partial charge in [-0.15, -0.1) is 29.8 Å². The third-order valence-electron chi connectivity index (χ3n) is 5.92. The Bertz CT molecular complexity index is 1270. The summed E-state index contributed by atoms with van der Waals surface area (Å²) in [6, 6.07) is 29.0. The number of hydrogen-bond donors (Lipinski definition) is 0. The zero-order chi connectivity index (χ0) is 22.6. The minimum atomic E-state index is -0.286. The maximum Gasteiger partial charge on any atom is 3.00 e. The van der Waals surface area contributed by atoms with Gasteiger partial charge in [0, 0.05) is 24.1 Å². The molecule has 1 aromatic heterocycles. The molecular formula is C29H23FIrN3. The van der Waals surface area contributed by atoms with E-state index < -0.39 is 0 Å².